The molecule has 0 saturated heterocycles. The number of ether oxygens (including phenoxy) is 1. The van der Waals surface area contributed by atoms with Gasteiger partial charge in [-0.25, -0.2) is 10.2 Å². The fourth-order valence-electron chi connectivity index (χ4n) is 2.40. The third kappa shape index (κ3) is 6.52. The second-order valence-electron chi connectivity index (χ2n) is 6.16. The van der Waals surface area contributed by atoms with Gasteiger partial charge in [0.1, 0.15) is 0 Å². The lowest BCUT2D eigenvalue weighted by Crippen LogP contribution is -2.34. The number of halogens is 3. The minimum atomic E-state index is -0.693. The molecule has 0 spiro atoms. The quantitative estimate of drug-likeness (QED) is 0.184. The van der Waals surface area contributed by atoms with Gasteiger partial charge in [0, 0.05) is 20.6 Å². The van der Waals surface area contributed by atoms with Crippen molar-refractivity contribution in [3.05, 3.63) is 85.6 Å². The molecule has 2 N–H and O–H groups in total. The van der Waals surface area contributed by atoms with E-state index in [0.717, 1.165) is 0 Å². The first kappa shape index (κ1) is 23.7. The molecule has 0 saturated carbocycles. The topological polar surface area (TPSA) is 110 Å². The van der Waals surface area contributed by atoms with E-state index < -0.39 is 17.8 Å². The highest BCUT2D eigenvalue weighted by Gasteiger charge is 2.17. The number of nitrogens with one attached hydrogen (secondary N) is 2. The number of hydrogen-bond acceptors (Lipinski definition) is 6. The number of hydrogen-bond donors (Lipinski definition) is 2. The van der Waals surface area contributed by atoms with Gasteiger partial charge in [-0.1, -0.05) is 27.5 Å². The summed E-state index contributed by atoms with van der Waals surface area (Å²) in [6.07, 6.45) is 2.66. The zero-order chi connectivity index (χ0) is 23.1. The molecule has 0 aliphatic rings. The average Bonchev–Trinajstić information content (AvgIpc) is 3.30. The number of hydrazone groups is 1. The van der Waals surface area contributed by atoms with Crippen LogP contribution in [0.4, 0.5) is 0 Å². The molecule has 0 bridgehead atoms. The zero-order valence-electron chi connectivity index (χ0n) is 16.1. The van der Waals surface area contributed by atoms with Crippen molar-refractivity contribution in [2.24, 2.45) is 5.10 Å². The van der Waals surface area contributed by atoms with Crippen LogP contribution in [0.25, 0.3) is 0 Å². The van der Waals surface area contributed by atoms with Crippen LogP contribution in [-0.4, -0.2) is 30.5 Å². The second kappa shape index (κ2) is 11.1. The predicted molar refractivity (Wildman–Crippen MR) is 125 cm³/mol. The summed E-state index contributed by atoms with van der Waals surface area (Å²) in [4.78, 5) is 36.3. The number of esters is 1. The molecule has 2 amide bonds. The lowest BCUT2D eigenvalue weighted by atomic mass is 10.2. The maximum absolute atomic E-state index is 12.2. The number of carbonyl (C=O) groups excluding carboxylic acids is 3. The second-order valence-corrected chi connectivity index (χ2v) is 8.36. The highest BCUT2D eigenvalue weighted by Crippen LogP contribution is 2.32. The van der Waals surface area contributed by atoms with E-state index in [-0.39, 0.29) is 18.1 Å². The van der Waals surface area contributed by atoms with Crippen LogP contribution in [0, 0.1) is 0 Å². The van der Waals surface area contributed by atoms with Crippen LogP contribution in [0.15, 0.2) is 73.3 Å². The van der Waals surface area contributed by atoms with Gasteiger partial charge >= 0.3 is 5.97 Å². The highest BCUT2D eigenvalue weighted by atomic mass is 79.9. The summed E-state index contributed by atoms with van der Waals surface area (Å²) in [6, 6.07) is 12.6. The standard InChI is InChI=1S/C21H14Br2ClN3O5/c22-14-8-13(19(16(23)9-14)32-21(30)17-2-1-7-31-17)10-26-27-18(28)11-25-20(29)12-3-5-15(24)6-4-12/h1-10H,11H2,(H,25,29)(H,27,28)/b26-10+. The monoisotopic (exact) mass is 581 g/mol. The molecule has 32 heavy (non-hydrogen) atoms. The molecule has 3 rings (SSSR count). The normalized spacial score (nSPS) is 10.7. The molecule has 1 aromatic heterocycles. The molecular weight excluding hydrogens is 570 g/mol. The van der Waals surface area contributed by atoms with Gasteiger partial charge in [-0.05, 0) is 64.5 Å². The lowest BCUT2D eigenvalue weighted by Gasteiger charge is -2.09. The van der Waals surface area contributed by atoms with Gasteiger partial charge in [0.15, 0.2) is 5.75 Å². The van der Waals surface area contributed by atoms with Gasteiger partial charge in [-0.3, -0.25) is 9.59 Å². The van der Waals surface area contributed by atoms with Crippen molar-refractivity contribution in [3.63, 3.8) is 0 Å². The summed E-state index contributed by atoms with van der Waals surface area (Å²) in [5.41, 5.74) is 3.07. The Labute approximate surface area is 204 Å². The minimum Gasteiger partial charge on any atom is -0.457 e. The highest BCUT2D eigenvalue weighted by molar-refractivity contribution is 9.11. The Morgan fingerprint density at radius 2 is 1.88 bits per heavy atom. The van der Waals surface area contributed by atoms with Crippen molar-refractivity contribution < 1.29 is 23.5 Å². The Bertz CT molecular complexity index is 1160. The van der Waals surface area contributed by atoms with Gasteiger partial charge in [0.25, 0.3) is 11.8 Å². The number of amides is 2. The van der Waals surface area contributed by atoms with Crippen LogP contribution in [0.1, 0.15) is 26.5 Å². The SMILES string of the molecule is O=C(CNC(=O)c1ccc(Cl)cc1)N/N=C/c1cc(Br)cc(Br)c1OC(=O)c1ccco1. The van der Waals surface area contributed by atoms with E-state index in [1.54, 1.807) is 42.5 Å². The molecule has 3 aromatic rings. The van der Waals surface area contributed by atoms with Gasteiger partial charge < -0.3 is 14.5 Å². The third-order valence-corrected chi connectivity index (χ3v) is 5.16. The predicted octanol–water partition coefficient (Wildman–Crippen LogP) is 4.56. The van der Waals surface area contributed by atoms with Crippen molar-refractivity contribution >= 4 is 67.5 Å². The van der Waals surface area contributed by atoms with E-state index in [9.17, 15) is 14.4 Å². The summed E-state index contributed by atoms with van der Waals surface area (Å²) in [6.45, 7) is -0.290. The average molecular weight is 584 g/mol. The molecule has 0 unspecified atom stereocenters. The van der Waals surface area contributed by atoms with Gasteiger partial charge in [0.2, 0.25) is 5.76 Å². The van der Waals surface area contributed by atoms with Crippen LogP contribution >= 0.6 is 43.5 Å². The van der Waals surface area contributed by atoms with Gasteiger partial charge in [0.05, 0.1) is 23.5 Å². The number of nitrogens with zero attached hydrogens (tertiary/aromatic N) is 1. The number of benzene rings is 2. The van der Waals surface area contributed by atoms with E-state index >= 15 is 0 Å². The fourth-order valence-corrected chi connectivity index (χ4v) is 3.86. The number of furan rings is 1. The first-order chi connectivity index (χ1) is 15.3. The van der Waals surface area contributed by atoms with E-state index in [0.29, 0.717) is 25.1 Å². The number of rotatable bonds is 7. The van der Waals surface area contributed by atoms with Crippen LogP contribution in [0.2, 0.25) is 5.02 Å². The Hall–Kier alpha value is -2.95. The van der Waals surface area contributed by atoms with Crippen molar-refractivity contribution in [1.29, 1.82) is 0 Å². The summed E-state index contributed by atoms with van der Waals surface area (Å²) >= 11 is 12.5. The molecular formula is C21H14Br2ClN3O5. The van der Waals surface area contributed by atoms with Crippen LogP contribution in [0.5, 0.6) is 5.75 Å². The minimum absolute atomic E-state index is 0.0347. The first-order valence-corrected chi connectivity index (χ1v) is 10.9. The molecule has 0 atom stereocenters. The maximum Gasteiger partial charge on any atom is 0.379 e. The Kier molecular flexibility index (Phi) is 8.20. The summed E-state index contributed by atoms with van der Waals surface area (Å²) < 4.78 is 11.6. The molecule has 0 fully saturated rings. The van der Waals surface area contributed by atoms with E-state index in [4.69, 9.17) is 20.8 Å². The van der Waals surface area contributed by atoms with E-state index in [2.05, 4.69) is 47.7 Å². The number of carbonyl (C=O) groups is 3. The lowest BCUT2D eigenvalue weighted by molar-refractivity contribution is -0.120. The van der Waals surface area contributed by atoms with Crippen molar-refractivity contribution in [1.82, 2.24) is 10.7 Å². The van der Waals surface area contributed by atoms with Crippen molar-refractivity contribution in [2.75, 3.05) is 6.54 Å². The molecule has 164 valence electrons. The van der Waals surface area contributed by atoms with Gasteiger partial charge in [-0.15, -0.1) is 0 Å². The first-order valence-electron chi connectivity index (χ1n) is 8.94. The maximum atomic E-state index is 12.2. The molecule has 0 radical (unpaired) electrons. The van der Waals surface area contributed by atoms with Crippen LogP contribution < -0.4 is 15.5 Å². The van der Waals surface area contributed by atoms with Crippen molar-refractivity contribution in [2.45, 2.75) is 0 Å². The third-order valence-electron chi connectivity index (χ3n) is 3.86. The molecule has 8 nitrogen and oxygen atoms in total. The molecule has 0 aliphatic heterocycles. The Morgan fingerprint density at radius 3 is 2.56 bits per heavy atom. The van der Waals surface area contributed by atoms with Crippen molar-refractivity contribution in [3.8, 4) is 5.75 Å². The molecule has 11 heteroatoms. The Balaban J connectivity index is 1.61. The van der Waals surface area contributed by atoms with E-state index in [1.807, 2.05) is 0 Å². The van der Waals surface area contributed by atoms with Crippen LogP contribution in [0.3, 0.4) is 0 Å². The summed E-state index contributed by atoms with van der Waals surface area (Å²) in [5.74, 6) is -1.45. The molecule has 2 aromatic carbocycles. The zero-order valence-corrected chi connectivity index (χ0v) is 20.0. The fraction of sp³-hybridized carbons (Fsp3) is 0.0476. The molecule has 0 aliphatic carbocycles. The summed E-state index contributed by atoms with van der Waals surface area (Å²) in [7, 11) is 0. The Morgan fingerprint density at radius 1 is 1.12 bits per heavy atom. The van der Waals surface area contributed by atoms with Gasteiger partial charge in [-0.2, -0.15) is 5.10 Å². The molecule has 1 heterocycles. The smallest absolute Gasteiger partial charge is 0.379 e. The van der Waals surface area contributed by atoms with E-state index in [1.165, 1.54) is 18.5 Å². The van der Waals surface area contributed by atoms with Crippen LogP contribution in [-0.2, 0) is 4.79 Å². The summed E-state index contributed by atoms with van der Waals surface area (Å²) in [5, 5.41) is 6.84. The largest absolute Gasteiger partial charge is 0.457 e.